The first-order valence-corrected chi connectivity index (χ1v) is 6.65. The van der Waals surface area contributed by atoms with Crippen LogP contribution in [0.5, 0.6) is 0 Å². The molecule has 94 valence electrons. The predicted molar refractivity (Wildman–Crippen MR) is 70.0 cm³/mol. The van der Waals surface area contributed by atoms with Crippen LogP contribution in [0.3, 0.4) is 0 Å². The van der Waals surface area contributed by atoms with E-state index < -0.39 is 0 Å². The number of nitrogens with zero attached hydrogens (tertiary/aromatic N) is 1. The number of rotatable bonds is 7. The zero-order chi connectivity index (χ0) is 11.8. The number of hydrogen-bond donors (Lipinski definition) is 2. The van der Waals surface area contributed by atoms with E-state index in [9.17, 15) is 0 Å². The Bertz CT molecular complexity index is 188. The fourth-order valence-electron chi connectivity index (χ4n) is 2.69. The van der Waals surface area contributed by atoms with Crippen LogP contribution in [0, 0.1) is 17.2 Å². The minimum atomic E-state index is 0.621. The van der Waals surface area contributed by atoms with Crippen LogP contribution in [0.15, 0.2) is 0 Å². The van der Waals surface area contributed by atoms with Gasteiger partial charge in [-0.15, -0.1) is 0 Å². The Morgan fingerprint density at radius 2 is 2.06 bits per heavy atom. The molecule has 16 heavy (non-hydrogen) atoms. The molecular weight excluding hydrogens is 198 g/mol. The summed E-state index contributed by atoms with van der Waals surface area (Å²) in [6.07, 6.45) is 8.46. The normalized spacial score (nSPS) is 19.4. The van der Waals surface area contributed by atoms with Gasteiger partial charge in [-0.25, -0.2) is 0 Å². The van der Waals surface area contributed by atoms with Crippen LogP contribution in [0.2, 0.25) is 0 Å². The van der Waals surface area contributed by atoms with Crippen molar-refractivity contribution in [3.63, 3.8) is 0 Å². The van der Waals surface area contributed by atoms with Crippen LogP contribution in [-0.4, -0.2) is 37.9 Å². The highest BCUT2D eigenvalue weighted by molar-refractivity contribution is 5.50. The highest BCUT2D eigenvalue weighted by Crippen LogP contribution is 2.24. The second kappa shape index (κ2) is 7.66. The molecule has 3 nitrogen and oxygen atoms in total. The minimum absolute atomic E-state index is 0.621. The maximum atomic E-state index is 7.48. The summed E-state index contributed by atoms with van der Waals surface area (Å²) in [5.41, 5.74) is 0. The smallest absolute Gasteiger partial charge is 0.0817 e. The third-order valence-corrected chi connectivity index (χ3v) is 3.50. The van der Waals surface area contributed by atoms with E-state index in [0.717, 1.165) is 25.6 Å². The monoisotopic (exact) mass is 225 g/mol. The molecule has 0 saturated heterocycles. The van der Waals surface area contributed by atoms with Gasteiger partial charge in [0.15, 0.2) is 0 Å². The highest BCUT2D eigenvalue weighted by Gasteiger charge is 2.16. The molecule has 1 unspecified atom stereocenters. The van der Waals surface area contributed by atoms with Gasteiger partial charge in [0.05, 0.1) is 6.34 Å². The van der Waals surface area contributed by atoms with Crippen molar-refractivity contribution < 1.29 is 0 Å². The Kier molecular flexibility index (Phi) is 6.46. The molecule has 0 aromatic heterocycles. The summed E-state index contributed by atoms with van der Waals surface area (Å²) in [6, 6.07) is 0. The van der Waals surface area contributed by atoms with E-state index in [1.807, 2.05) is 7.05 Å². The molecule has 1 fully saturated rings. The van der Waals surface area contributed by atoms with Crippen molar-refractivity contribution in [1.29, 1.82) is 5.41 Å². The standard InChI is InChI=1S/C13H27N3/c1-12(8-15-2)9-16(11-14)10-13-6-4-3-5-7-13/h11-15H,3-10H2,1-2H3. The molecule has 0 aliphatic heterocycles. The lowest BCUT2D eigenvalue weighted by molar-refractivity contribution is 0.257. The second-order valence-electron chi connectivity index (χ2n) is 5.25. The van der Waals surface area contributed by atoms with E-state index in [-0.39, 0.29) is 0 Å². The van der Waals surface area contributed by atoms with Crippen LogP contribution in [0.25, 0.3) is 0 Å². The molecule has 2 N–H and O–H groups in total. The Morgan fingerprint density at radius 3 is 2.62 bits per heavy atom. The van der Waals surface area contributed by atoms with Crippen molar-refractivity contribution >= 4 is 6.34 Å². The van der Waals surface area contributed by atoms with E-state index in [0.29, 0.717) is 5.92 Å². The fraction of sp³-hybridized carbons (Fsp3) is 0.923. The largest absolute Gasteiger partial charge is 0.363 e. The van der Waals surface area contributed by atoms with E-state index >= 15 is 0 Å². The van der Waals surface area contributed by atoms with Gasteiger partial charge in [0.1, 0.15) is 0 Å². The Morgan fingerprint density at radius 1 is 1.38 bits per heavy atom. The molecule has 1 atom stereocenters. The molecule has 0 amide bonds. The van der Waals surface area contributed by atoms with Gasteiger partial charge in [0.2, 0.25) is 0 Å². The van der Waals surface area contributed by atoms with Crippen molar-refractivity contribution in [2.45, 2.75) is 39.0 Å². The maximum Gasteiger partial charge on any atom is 0.0817 e. The fourth-order valence-corrected chi connectivity index (χ4v) is 2.69. The first kappa shape index (κ1) is 13.5. The first-order chi connectivity index (χ1) is 7.76. The van der Waals surface area contributed by atoms with Crippen molar-refractivity contribution in [3.8, 4) is 0 Å². The number of nitrogens with one attached hydrogen (secondary N) is 2. The van der Waals surface area contributed by atoms with Crippen LogP contribution < -0.4 is 5.32 Å². The molecule has 1 aliphatic carbocycles. The molecule has 0 spiro atoms. The van der Waals surface area contributed by atoms with E-state index in [2.05, 4.69) is 17.1 Å². The zero-order valence-electron chi connectivity index (χ0n) is 10.8. The maximum absolute atomic E-state index is 7.48. The van der Waals surface area contributed by atoms with Crippen LogP contribution in [-0.2, 0) is 0 Å². The molecule has 0 aromatic rings. The average molecular weight is 225 g/mol. The van der Waals surface area contributed by atoms with Crippen LogP contribution >= 0.6 is 0 Å². The quantitative estimate of drug-likeness (QED) is 0.515. The van der Waals surface area contributed by atoms with Gasteiger partial charge in [-0.05, 0) is 38.3 Å². The van der Waals surface area contributed by atoms with Gasteiger partial charge < -0.3 is 10.2 Å². The predicted octanol–water partition coefficient (Wildman–Crippen LogP) is 2.33. The Labute approximate surface area is 100 Å². The lowest BCUT2D eigenvalue weighted by Gasteiger charge is -2.29. The van der Waals surface area contributed by atoms with Crippen LogP contribution in [0.4, 0.5) is 0 Å². The van der Waals surface area contributed by atoms with E-state index in [1.165, 1.54) is 38.4 Å². The molecule has 0 aromatic carbocycles. The third-order valence-electron chi connectivity index (χ3n) is 3.50. The summed E-state index contributed by atoms with van der Waals surface area (Å²) >= 11 is 0. The van der Waals surface area contributed by atoms with Crippen molar-refractivity contribution in [1.82, 2.24) is 10.2 Å². The van der Waals surface area contributed by atoms with Gasteiger partial charge in [-0.1, -0.05) is 26.2 Å². The SMILES string of the molecule is CNCC(C)CN(C=N)CC1CCCCC1. The van der Waals surface area contributed by atoms with E-state index in [4.69, 9.17) is 5.41 Å². The lowest BCUT2D eigenvalue weighted by Crippen LogP contribution is -2.35. The Hall–Kier alpha value is -0.570. The molecule has 1 rings (SSSR count). The molecule has 0 radical (unpaired) electrons. The van der Waals surface area contributed by atoms with Gasteiger partial charge in [-0.3, -0.25) is 5.41 Å². The summed E-state index contributed by atoms with van der Waals surface area (Å²) in [6.45, 7) is 5.39. The molecule has 0 heterocycles. The molecule has 3 heteroatoms. The van der Waals surface area contributed by atoms with Gasteiger partial charge in [-0.2, -0.15) is 0 Å². The van der Waals surface area contributed by atoms with Crippen LogP contribution in [0.1, 0.15) is 39.0 Å². The van der Waals surface area contributed by atoms with Gasteiger partial charge in [0, 0.05) is 13.1 Å². The summed E-state index contributed by atoms with van der Waals surface area (Å²) in [4.78, 5) is 2.19. The summed E-state index contributed by atoms with van der Waals surface area (Å²) in [5, 5.41) is 10.7. The van der Waals surface area contributed by atoms with Gasteiger partial charge in [0.25, 0.3) is 0 Å². The molecule has 1 aliphatic rings. The zero-order valence-corrected chi connectivity index (χ0v) is 10.8. The summed E-state index contributed by atoms with van der Waals surface area (Å²) < 4.78 is 0. The average Bonchev–Trinajstić information content (AvgIpc) is 2.30. The molecular formula is C13H27N3. The molecule has 0 bridgehead atoms. The van der Waals surface area contributed by atoms with Crippen molar-refractivity contribution in [3.05, 3.63) is 0 Å². The topological polar surface area (TPSA) is 39.1 Å². The second-order valence-corrected chi connectivity index (χ2v) is 5.25. The number of hydrogen-bond acceptors (Lipinski definition) is 2. The molecule has 1 saturated carbocycles. The lowest BCUT2D eigenvalue weighted by atomic mass is 9.89. The summed E-state index contributed by atoms with van der Waals surface area (Å²) in [5.74, 6) is 1.45. The summed E-state index contributed by atoms with van der Waals surface area (Å²) in [7, 11) is 1.99. The van der Waals surface area contributed by atoms with Crippen molar-refractivity contribution in [2.75, 3.05) is 26.7 Å². The van der Waals surface area contributed by atoms with E-state index in [1.54, 1.807) is 0 Å². The van der Waals surface area contributed by atoms with Gasteiger partial charge >= 0.3 is 0 Å². The Balaban J connectivity index is 2.26. The first-order valence-electron chi connectivity index (χ1n) is 6.65. The third kappa shape index (κ3) is 4.97. The minimum Gasteiger partial charge on any atom is -0.363 e. The highest BCUT2D eigenvalue weighted by atomic mass is 15.1. The van der Waals surface area contributed by atoms with Crippen molar-refractivity contribution in [2.24, 2.45) is 11.8 Å².